The van der Waals surface area contributed by atoms with Gasteiger partial charge in [-0.2, -0.15) is 0 Å². The van der Waals surface area contributed by atoms with Gasteiger partial charge >= 0.3 is 0 Å². The fraction of sp³-hybridized carbons (Fsp3) is 1.00. The molecule has 0 radical (unpaired) electrons. The van der Waals surface area contributed by atoms with Crippen molar-refractivity contribution < 1.29 is 14.6 Å². The van der Waals surface area contributed by atoms with Crippen LogP contribution in [0.4, 0.5) is 0 Å². The van der Waals surface area contributed by atoms with Crippen molar-refractivity contribution in [2.75, 3.05) is 52.7 Å². The zero-order chi connectivity index (χ0) is 19.5. The third kappa shape index (κ3) is 20.2. The fourth-order valence-corrected chi connectivity index (χ4v) is 2.94. The van der Waals surface area contributed by atoms with Crippen LogP contribution in [0.2, 0.25) is 0 Å². The van der Waals surface area contributed by atoms with E-state index in [1.807, 2.05) is 0 Å². The second-order valence-corrected chi connectivity index (χ2v) is 8.28. The first-order chi connectivity index (χ1) is 12.6. The van der Waals surface area contributed by atoms with E-state index >= 15 is 0 Å². The number of nitrogens with zero attached hydrogens (tertiary/aromatic N) is 1. The lowest BCUT2D eigenvalue weighted by Gasteiger charge is -2.21. The molecule has 0 aromatic rings. The second-order valence-electron chi connectivity index (χ2n) is 8.28. The lowest BCUT2D eigenvalue weighted by Crippen LogP contribution is -2.33. The summed E-state index contributed by atoms with van der Waals surface area (Å²) in [5, 5.41) is 9.20. The van der Waals surface area contributed by atoms with E-state index in [1.54, 1.807) is 0 Å². The molecule has 0 unspecified atom stereocenters. The van der Waals surface area contributed by atoms with Crippen molar-refractivity contribution in [2.24, 2.45) is 11.8 Å². The van der Waals surface area contributed by atoms with Gasteiger partial charge in [0.05, 0.1) is 19.8 Å². The van der Waals surface area contributed by atoms with Crippen molar-refractivity contribution in [1.82, 2.24) is 4.90 Å². The van der Waals surface area contributed by atoms with Gasteiger partial charge in [0, 0.05) is 32.8 Å². The molecule has 0 saturated carbocycles. The molecule has 0 aliphatic carbocycles. The summed E-state index contributed by atoms with van der Waals surface area (Å²) >= 11 is 0. The summed E-state index contributed by atoms with van der Waals surface area (Å²) in [4.78, 5) is 2.23. The summed E-state index contributed by atoms with van der Waals surface area (Å²) in [6.45, 7) is 15.0. The summed E-state index contributed by atoms with van der Waals surface area (Å²) in [5.74, 6) is 1.62. The average molecular weight is 374 g/mol. The van der Waals surface area contributed by atoms with Gasteiger partial charge in [-0.15, -0.1) is 0 Å². The number of aliphatic hydroxyl groups excluding tert-OH is 1. The fourth-order valence-electron chi connectivity index (χ4n) is 2.94. The van der Waals surface area contributed by atoms with E-state index in [9.17, 15) is 5.11 Å². The molecule has 0 amide bonds. The van der Waals surface area contributed by atoms with Crippen LogP contribution in [0.25, 0.3) is 0 Å². The Hall–Kier alpha value is -0.160. The van der Waals surface area contributed by atoms with E-state index in [0.29, 0.717) is 6.54 Å². The molecular formula is C22H47NO3. The minimum atomic E-state index is 0.199. The summed E-state index contributed by atoms with van der Waals surface area (Å²) < 4.78 is 11.5. The molecule has 0 spiro atoms. The van der Waals surface area contributed by atoms with E-state index in [1.165, 1.54) is 38.5 Å². The number of ether oxygens (including phenoxy) is 2. The summed E-state index contributed by atoms with van der Waals surface area (Å²) in [5.41, 5.74) is 0. The van der Waals surface area contributed by atoms with Crippen LogP contribution in [0.1, 0.15) is 79.1 Å². The first-order valence-electron chi connectivity index (χ1n) is 11.0. The maximum absolute atomic E-state index is 9.20. The van der Waals surface area contributed by atoms with Crippen molar-refractivity contribution in [1.29, 1.82) is 0 Å². The first kappa shape index (κ1) is 25.8. The minimum absolute atomic E-state index is 0.199. The number of aliphatic hydroxyl groups is 1. The maximum atomic E-state index is 9.20. The molecule has 26 heavy (non-hydrogen) atoms. The summed E-state index contributed by atoms with van der Waals surface area (Å²) in [6.07, 6.45) is 10.1. The van der Waals surface area contributed by atoms with Gasteiger partial charge in [-0.25, -0.2) is 0 Å². The van der Waals surface area contributed by atoms with Crippen LogP contribution >= 0.6 is 0 Å². The molecule has 0 rings (SSSR count). The number of hydrogen-bond donors (Lipinski definition) is 1. The van der Waals surface area contributed by atoms with E-state index in [0.717, 1.165) is 64.2 Å². The van der Waals surface area contributed by atoms with Crippen LogP contribution in [0.15, 0.2) is 0 Å². The van der Waals surface area contributed by atoms with Crippen LogP contribution < -0.4 is 0 Å². The number of unbranched alkanes of at least 4 members (excludes halogenated alkanes) is 4. The van der Waals surface area contributed by atoms with Crippen LogP contribution in [0.5, 0.6) is 0 Å². The molecule has 158 valence electrons. The van der Waals surface area contributed by atoms with Gasteiger partial charge in [-0.1, -0.05) is 66.2 Å². The molecule has 0 atom stereocenters. The SMILES string of the molecule is CC(C)CCCCCOCCN(CCO)CCOCCCCCC(C)C. The highest BCUT2D eigenvalue weighted by atomic mass is 16.5. The molecule has 0 heterocycles. The smallest absolute Gasteiger partial charge is 0.0593 e. The van der Waals surface area contributed by atoms with Gasteiger partial charge in [0.2, 0.25) is 0 Å². The Bertz CT molecular complexity index is 248. The predicted molar refractivity (Wildman–Crippen MR) is 112 cm³/mol. The van der Waals surface area contributed by atoms with Crippen LogP contribution in [0.3, 0.4) is 0 Å². The van der Waals surface area contributed by atoms with Crippen LogP contribution in [0, 0.1) is 11.8 Å². The second kappa shape index (κ2) is 19.6. The van der Waals surface area contributed by atoms with Crippen molar-refractivity contribution >= 4 is 0 Å². The molecule has 0 bridgehead atoms. The molecule has 0 aromatic carbocycles. The highest BCUT2D eigenvalue weighted by Crippen LogP contribution is 2.08. The normalized spacial score (nSPS) is 12.0. The average Bonchev–Trinajstić information content (AvgIpc) is 2.58. The Morgan fingerprint density at radius 3 is 1.46 bits per heavy atom. The van der Waals surface area contributed by atoms with Crippen LogP contribution in [-0.2, 0) is 9.47 Å². The highest BCUT2D eigenvalue weighted by Gasteiger charge is 2.04. The predicted octanol–water partition coefficient (Wildman–Crippen LogP) is 4.75. The molecule has 0 aromatic heterocycles. The van der Waals surface area contributed by atoms with Gasteiger partial charge < -0.3 is 14.6 Å². The molecular weight excluding hydrogens is 326 g/mol. The topological polar surface area (TPSA) is 41.9 Å². The van der Waals surface area contributed by atoms with E-state index < -0.39 is 0 Å². The Labute approximate surface area is 163 Å². The lowest BCUT2D eigenvalue weighted by molar-refractivity contribution is 0.0649. The van der Waals surface area contributed by atoms with Gasteiger partial charge in [0.1, 0.15) is 0 Å². The Morgan fingerprint density at radius 2 is 1.08 bits per heavy atom. The largest absolute Gasteiger partial charge is 0.395 e. The third-order valence-corrected chi connectivity index (χ3v) is 4.66. The third-order valence-electron chi connectivity index (χ3n) is 4.66. The van der Waals surface area contributed by atoms with Crippen molar-refractivity contribution in [3.8, 4) is 0 Å². The zero-order valence-electron chi connectivity index (χ0n) is 18.2. The molecule has 0 aliphatic rings. The number of rotatable bonds is 20. The molecule has 0 fully saturated rings. The molecule has 0 saturated heterocycles. The Balaban J connectivity index is 3.47. The van der Waals surface area contributed by atoms with Gasteiger partial charge in [0.25, 0.3) is 0 Å². The van der Waals surface area contributed by atoms with Gasteiger partial charge in [-0.3, -0.25) is 4.90 Å². The molecule has 0 aliphatic heterocycles. The Kier molecular flexibility index (Phi) is 19.5. The molecule has 4 heteroatoms. The van der Waals surface area contributed by atoms with Crippen molar-refractivity contribution in [3.05, 3.63) is 0 Å². The van der Waals surface area contributed by atoms with Crippen molar-refractivity contribution in [3.63, 3.8) is 0 Å². The molecule has 4 nitrogen and oxygen atoms in total. The summed E-state index contributed by atoms with van der Waals surface area (Å²) in [6, 6.07) is 0. The lowest BCUT2D eigenvalue weighted by atomic mass is 10.1. The highest BCUT2D eigenvalue weighted by molar-refractivity contribution is 4.57. The monoisotopic (exact) mass is 373 g/mol. The molecule has 1 N–H and O–H groups in total. The van der Waals surface area contributed by atoms with Gasteiger partial charge in [-0.05, 0) is 24.7 Å². The van der Waals surface area contributed by atoms with Crippen LogP contribution in [-0.4, -0.2) is 62.7 Å². The van der Waals surface area contributed by atoms with E-state index in [2.05, 4.69) is 32.6 Å². The zero-order valence-corrected chi connectivity index (χ0v) is 18.2. The van der Waals surface area contributed by atoms with E-state index in [-0.39, 0.29) is 6.61 Å². The minimum Gasteiger partial charge on any atom is -0.395 e. The standard InChI is InChI=1S/C22H47NO3/c1-21(2)11-7-5-9-17-25-19-14-23(13-16-24)15-20-26-18-10-6-8-12-22(3)4/h21-22,24H,5-20H2,1-4H3. The quantitative estimate of drug-likeness (QED) is 0.313. The Morgan fingerprint density at radius 1 is 0.615 bits per heavy atom. The maximum Gasteiger partial charge on any atom is 0.0593 e. The van der Waals surface area contributed by atoms with Crippen molar-refractivity contribution in [2.45, 2.75) is 79.1 Å². The first-order valence-corrected chi connectivity index (χ1v) is 11.0. The number of hydrogen-bond acceptors (Lipinski definition) is 4. The van der Waals surface area contributed by atoms with E-state index in [4.69, 9.17) is 9.47 Å². The summed E-state index contributed by atoms with van der Waals surface area (Å²) in [7, 11) is 0. The van der Waals surface area contributed by atoms with Gasteiger partial charge in [0.15, 0.2) is 0 Å².